The van der Waals surface area contributed by atoms with Gasteiger partial charge in [-0.2, -0.15) is 16.3 Å². The van der Waals surface area contributed by atoms with E-state index in [0.717, 1.165) is 29.3 Å². The van der Waals surface area contributed by atoms with E-state index in [1.165, 1.54) is 5.56 Å². The number of hydrogen-bond donors (Lipinski definition) is 0. The maximum atomic E-state index is 5.82. The number of fused-ring (bicyclic) bond motifs is 1. The first-order valence-corrected chi connectivity index (χ1v) is 8.39. The number of rotatable bonds is 4. The van der Waals surface area contributed by atoms with E-state index in [1.54, 1.807) is 18.4 Å². The average Bonchev–Trinajstić information content (AvgIpc) is 3.26. The summed E-state index contributed by atoms with van der Waals surface area (Å²) in [5.74, 6) is 3.17. The molecule has 0 saturated carbocycles. The van der Waals surface area contributed by atoms with Crippen LogP contribution in [0.1, 0.15) is 28.8 Å². The van der Waals surface area contributed by atoms with Crippen molar-refractivity contribution in [1.29, 1.82) is 0 Å². The second-order valence-electron chi connectivity index (χ2n) is 5.54. The maximum Gasteiger partial charge on any atom is 0.233 e. The van der Waals surface area contributed by atoms with Crippen molar-refractivity contribution in [3.63, 3.8) is 0 Å². The summed E-state index contributed by atoms with van der Waals surface area (Å²) in [6, 6.07) is 7.93. The Balaban J connectivity index is 1.51. The van der Waals surface area contributed by atoms with E-state index in [9.17, 15) is 0 Å². The third kappa shape index (κ3) is 2.94. The molecule has 0 fully saturated rings. The summed E-state index contributed by atoms with van der Waals surface area (Å²) < 4.78 is 16.6. The van der Waals surface area contributed by atoms with Crippen LogP contribution in [0.2, 0.25) is 0 Å². The Hall–Kier alpha value is -2.34. The quantitative estimate of drug-likeness (QED) is 0.734. The number of nitrogens with zero attached hydrogens (tertiary/aromatic N) is 2. The van der Waals surface area contributed by atoms with Gasteiger partial charge in [0.2, 0.25) is 5.89 Å². The molecule has 3 aromatic rings. The molecule has 118 valence electrons. The van der Waals surface area contributed by atoms with Gasteiger partial charge < -0.3 is 14.0 Å². The van der Waals surface area contributed by atoms with Gasteiger partial charge in [-0.1, -0.05) is 5.16 Å². The molecule has 2 aromatic heterocycles. The van der Waals surface area contributed by atoms with Crippen molar-refractivity contribution in [1.82, 2.24) is 10.1 Å². The second kappa shape index (κ2) is 6.04. The minimum absolute atomic E-state index is 0.0818. The molecular weight excluding hydrogens is 312 g/mol. The molecule has 3 heterocycles. The van der Waals surface area contributed by atoms with E-state index in [-0.39, 0.29) is 5.92 Å². The number of hydrogen-bond acceptors (Lipinski definition) is 6. The molecule has 0 spiro atoms. The van der Waals surface area contributed by atoms with E-state index < -0.39 is 0 Å². The first-order chi connectivity index (χ1) is 11.3. The van der Waals surface area contributed by atoms with Crippen LogP contribution in [0.3, 0.4) is 0 Å². The first-order valence-electron chi connectivity index (χ1n) is 7.45. The van der Waals surface area contributed by atoms with Gasteiger partial charge in [-0.15, -0.1) is 0 Å². The van der Waals surface area contributed by atoms with Gasteiger partial charge in [-0.05, 0) is 52.6 Å². The zero-order valence-electron chi connectivity index (χ0n) is 12.7. The van der Waals surface area contributed by atoms with Crippen LogP contribution in [-0.4, -0.2) is 23.9 Å². The Morgan fingerprint density at radius 3 is 3.13 bits per heavy atom. The summed E-state index contributed by atoms with van der Waals surface area (Å²) in [6.45, 7) is 0.555. The zero-order chi connectivity index (χ0) is 15.6. The van der Waals surface area contributed by atoms with Crippen LogP contribution in [0.4, 0.5) is 0 Å². The van der Waals surface area contributed by atoms with E-state index in [1.807, 2.05) is 18.2 Å². The van der Waals surface area contributed by atoms with Gasteiger partial charge >= 0.3 is 0 Å². The molecule has 4 rings (SSSR count). The highest BCUT2D eigenvalue weighted by Gasteiger charge is 2.26. The van der Waals surface area contributed by atoms with Gasteiger partial charge in [0.15, 0.2) is 5.82 Å². The number of methoxy groups -OCH3 is 1. The van der Waals surface area contributed by atoms with Crippen LogP contribution in [0.5, 0.6) is 11.5 Å². The molecule has 0 amide bonds. The normalized spacial score (nSPS) is 16.7. The number of thiophene rings is 1. The molecule has 0 aliphatic carbocycles. The van der Waals surface area contributed by atoms with Crippen molar-refractivity contribution >= 4 is 11.3 Å². The lowest BCUT2D eigenvalue weighted by Crippen LogP contribution is -2.19. The molecule has 6 heteroatoms. The van der Waals surface area contributed by atoms with Crippen LogP contribution in [0.25, 0.3) is 0 Å². The molecule has 1 atom stereocenters. The minimum atomic E-state index is 0.0818. The Morgan fingerprint density at radius 2 is 2.30 bits per heavy atom. The minimum Gasteiger partial charge on any atom is -0.497 e. The predicted octanol–water partition coefficient (Wildman–Crippen LogP) is 3.45. The van der Waals surface area contributed by atoms with Crippen molar-refractivity contribution in [3.8, 4) is 11.5 Å². The third-order valence-corrected chi connectivity index (χ3v) is 4.68. The average molecular weight is 328 g/mol. The fraction of sp³-hybridized carbons (Fsp3) is 0.294. The largest absolute Gasteiger partial charge is 0.497 e. The second-order valence-corrected chi connectivity index (χ2v) is 6.32. The molecule has 1 aromatic carbocycles. The molecule has 0 bridgehead atoms. The molecule has 0 unspecified atom stereocenters. The van der Waals surface area contributed by atoms with Crippen LogP contribution < -0.4 is 9.47 Å². The summed E-state index contributed by atoms with van der Waals surface area (Å²) >= 11 is 1.67. The van der Waals surface area contributed by atoms with Crippen LogP contribution in [-0.2, 0) is 12.8 Å². The summed E-state index contributed by atoms with van der Waals surface area (Å²) in [5.41, 5.74) is 2.32. The zero-order valence-corrected chi connectivity index (χ0v) is 13.5. The Bertz CT molecular complexity index is 798. The molecule has 0 N–H and O–H groups in total. The van der Waals surface area contributed by atoms with Gasteiger partial charge in [0.25, 0.3) is 0 Å². The lowest BCUT2D eigenvalue weighted by atomic mass is 9.96. The molecule has 5 nitrogen and oxygen atoms in total. The van der Waals surface area contributed by atoms with E-state index >= 15 is 0 Å². The Kier molecular flexibility index (Phi) is 3.75. The van der Waals surface area contributed by atoms with Crippen LogP contribution in [0, 0.1) is 0 Å². The van der Waals surface area contributed by atoms with Gasteiger partial charge in [0.1, 0.15) is 18.1 Å². The molecule has 0 radical (unpaired) electrons. The topological polar surface area (TPSA) is 57.4 Å². The van der Waals surface area contributed by atoms with E-state index in [0.29, 0.717) is 18.9 Å². The lowest BCUT2D eigenvalue weighted by molar-refractivity contribution is 0.229. The highest BCUT2D eigenvalue weighted by Crippen LogP contribution is 2.34. The first kappa shape index (κ1) is 14.3. The summed E-state index contributed by atoms with van der Waals surface area (Å²) in [4.78, 5) is 4.54. The van der Waals surface area contributed by atoms with E-state index in [2.05, 4.69) is 27.0 Å². The standard InChI is InChI=1S/C17H16N2O3S/c1-20-14-2-3-15-12(8-14)7-13(9-21-15)17-18-16(19-22-17)6-11-4-5-23-10-11/h2-5,8,10,13H,6-7,9H2,1H3/t13-/m1/s1. The SMILES string of the molecule is COc1ccc2c(c1)C[C@@H](c1nc(Cc3ccsc3)no1)CO2. The molecule has 23 heavy (non-hydrogen) atoms. The van der Waals surface area contributed by atoms with Gasteiger partial charge in [-0.25, -0.2) is 0 Å². The smallest absolute Gasteiger partial charge is 0.233 e. The highest BCUT2D eigenvalue weighted by atomic mass is 32.1. The Labute approximate surface area is 137 Å². The van der Waals surface area contributed by atoms with Crippen molar-refractivity contribution < 1.29 is 14.0 Å². The van der Waals surface area contributed by atoms with Gasteiger partial charge in [0, 0.05) is 6.42 Å². The monoisotopic (exact) mass is 328 g/mol. The van der Waals surface area contributed by atoms with Crippen LogP contribution in [0.15, 0.2) is 39.5 Å². The Morgan fingerprint density at radius 1 is 1.35 bits per heavy atom. The van der Waals surface area contributed by atoms with Crippen molar-refractivity contribution in [3.05, 3.63) is 57.9 Å². The van der Waals surface area contributed by atoms with Crippen molar-refractivity contribution in [2.45, 2.75) is 18.8 Å². The summed E-state index contributed by atoms with van der Waals surface area (Å²) in [6.07, 6.45) is 1.51. The molecular formula is C17H16N2O3S. The van der Waals surface area contributed by atoms with E-state index in [4.69, 9.17) is 14.0 Å². The maximum absolute atomic E-state index is 5.82. The van der Waals surface area contributed by atoms with Gasteiger partial charge in [-0.3, -0.25) is 0 Å². The number of aromatic nitrogens is 2. The predicted molar refractivity (Wildman–Crippen MR) is 86.4 cm³/mol. The molecule has 1 aliphatic rings. The summed E-state index contributed by atoms with van der Waals surface area (Å²) in [7, 11) is 1.66. The van der Waals surface area contributed by atoms with Crippen molar-refractivity contribution in [2.24, 2.45) is 0 Å². The fourth-order valence-corrected chi connectivity index (χ4v) is 3.41. The number of ether oxygens (including phenoxy) is 2. The molecule has 0 saturated heterocycles. The van der Waals surface area contributed by atoms with Gasteiger partial charge in [0.05, 0.1) is 13.0 Å². The highest BCUT2D eigenvalue weighted by molar-refractivity contribution is 7.07. The lowest BCUT2D eigenvalue weighted by Gasteiger charge is -2.23. The third-order valence-electron chi connectivity index (χ3n) is 3.95. The van der Waals surface area contributed by atoms with Crippen LogP contribution >= 0.6 is 11.3 Å². The fourth-order valence-electron chi connectivity index (χ4n) is 2.74. The number of benzene rings is 1. The molecule has 1 aliphatic heterocycles. The van der Waals surface area contributed by atoms with Crippen molar-refractivity contribution in [2.75, 3.05) is 13.7 Å². The summed E-state index contributed by atoms with van der Waals surface area (Å²) in [5, 5.41) is 8.24.